The lowest BCUT2D eigenvalue weighted by atomic mass is 9.98. The van der Waals surface area contributed by atoms with Crippen LogP contribution in [-0.4, -0.2) is 37.7 Å². The lowest BCUT2D eigenvalue weighted by Crippen LogP contribution is -2.36. The number of benzene rings is 1. The van der Waals surface area contributed by atoms with Crippen LogP contribution in [0.3, 0.4) is 0 Å². The molecule has 0 saturated carbocycles. The molecule has 1 aromatic carbocycles. The molecule has 0 bridgehead atoms. The largest absolute Gasteiger partial charge is 0.493 e. The van der Waals surface area contributed by atoms with Crippen molar-refractivity contribution in [3.05, 3.63) is 29.8 Å². The fourth-order valence-electron chi connectivity index (χ4n) is 3.11. The van der Waals surface area contributed by atoms with E-state index in [-0.39, 0.29) is 0 Å². The molecule has 1 saturated heterocycles. The van der Waals surface area contributed by atoms with Crippen molar-refractivity contribution in [3.63, 3.8) is 0 Å². The summed E-state index contributed by atoms with van der Waals surface area (Å²) in [5, 5.41) is 3.52. The first kappa shape index (κ1) is 12.0. The van der Waals surface area contributed by atoms with Crippen molar-refractivity contribution in [1.29, 1.82) is 0 Å². The molecular formula is C15H22N2O. The van der Waals surface area contributed by atoms with Gasteiger partial charge in [-0.2, -0.15) is 0 Å². The Balaban J connectivity index is 1.84. The van der Waals surface area contributed by atoms with Crippen LogP contribution in [0.15, 0.2) is 24.3 Å². The van der Waals surface area contributed by atoms with Gasteiger partial charge in [0.2, 0.25) is 0 Å². The summed E-state index contributed by atoms with van der Waals surface area (Å²) < 4.78 is 5.76. The quantitative estimate of drug-likeness (QED) is 0.821. The van der Waals surface area contributed by atoms with Gasteiger partial charge in [0.15, 0.2) is 0 Å². The van der Waals surface area contributed by atoms with Gasteiger partial charge in [-0.3, -0.25) is 4.90 Å². The second kappa shape index (κ2) is 5.29. The number of hydrogen-bond acceptors (Lipinski definition) is 3. The maximum absolute atomic E-state index is 5.76. The first-order valence-electron chi connectivity index (χ1n) is 7.01. The molecule has 1 aromatic rings. The lowest BCUT2D eigenvalue weighted by Gasteiger charge is -2.35. The molecule has 3 heteroatoms. The Morgan fingerprint density at radius 3 is 3.17 bits per heavy atom. The number of rotatable bonds is 1. The van der Waals surface area contributed by atoms with Gasteiger partial charge in [0, 0.05) is 37.7 Å². The van der Waals surface area contributed by atoms with Crippen LogP contribution in [0, 0.1) is 5.92 Å². The molecule has 0 radical (unpaired) electrons. The number of para-hydroxylation sites is 1. The summed E-state index contributed by atoms with van der Waals surface area (Å²) in [4.78, 5) is 2.63. The average Bonchev–Trinajstić information content (AvgIpc) is 2.63. The third kappa shape index (κ3) is 2.38. The predicted octanol–water partition coefficient (Wildman–Crippen LogP) is 2.05. The molecule has 0 aliphatic carbocycles. The standard InChI is InChI=1S/C15H22N2O/c1-12-10-16-7-8-17(11-12)14-6-9-18-15-5-3-2-4-13(14)15/h2-5,12,14,16H,6-11H2,1H3. The molecule has 3 rings (SSSR count). The summed E-state index contributed by atoms with van der Waals surface area (Å²) in [5.74, 6) is 1.81. The number of ether oxygens (including phenoxy) is 1. The highest BCUT2D eigenvalue weighted by Gasteiger charge is 2.28. The summed E-state index contributed by atoms with van der Waals surface area (Å²) >= 11 is 0. The van der Waals surface area contributed by atoms with E-state index in [4.69, 9.17) is 4.74 Å². The van der Waals surface area contributed by atoms with Crippen molar-refractivity contribution in [2.24, 2.45) is 5.92 Å². The van der Waals surface area contributed by atoms with Crippen LogP contribution in [0.1, 0.15) is 24.9 Å². The van der Waals surface area contributed by atoms with Crippen molar-refractivity contribution in [2.45, 2.75) is 19.4 Å². The van der Waals surface area contributed by atoms with Crippen molar-refractivity contribution in [2.75, 3.05) is 32.8 Å². The van der Waals surface area contributed by atoms with Crippen molar-refractivity contribution >= 4 is 0 Å². The second-order valence-electron chi connectivity index (χ2n) is 5.49. The van der Waals surface area contributed by atoms with Crippen LogP contribution < -0.4 is 10.1 Å². The summed E-state index contributed by atoms with van der Waals surface area (Å²) in [5.41, 5.74) is 1.37. The second-order valence-corrected chi connectivity index (χ2v) is 5.49. The monoisotopic (exact) mass is 246 g/mol. The molecule has 0 spiro atoms. The number of hydrogen-bond donors (Lipinski definition) is 1. The highest BCUT2D eigenvalue weighted by molar-refractivity contribution is 5.37. The molecule has 0 amide bonds. The minimum absolute atomic E-state index is 0.539. The summed E-state index contributed by atoms with van der Waals surface area (Å²) in [6.45, 7) is 7.75. The molecule has 18 heavy (non-hydrogen) atoms. The van der Waals surface area contributed by atoms with E-state index in [0.717, 1.165) is 44.3 Å². The van der Waals surface area contributed by atoms with Crippen molar-refractivity contribution in [3.8, 4) is 5.75 Å². The predicted molar refractivity (Wildman–Crippen MR) is 72.9 cm³/mol. The lowest BCUT2D eigenvalue weighted by molar-refractivity contribution is 0.136. The zero-order valence-corrected chi connectivity index (χ0v) is 11.1. The normalized spacial score (nSPS) is 29.2. The number of nitrogens with zero attached hydrogens (tertiary/aromatic N) is 1. The fourth-order valence-corrected chi connectivity index (χ4v) is 3.11. The average molecular weight is 246 g/mol. The molecule has 2 unspecified atom stereocenters. The molecule has 3 nitrogen and oxygen atoms in total. The van der Waals surface area contributed by atoms with E-state index in [1.54, 1.807) is 0 Å². The molecule has 0 aromatic heterocycles. The Labute approximate surface area is 109 Å². The van der Waals surface area contributed by atoms with Gasteiger partial charge < -0.3 is 10.1 Å². The summed E-state index contributed by atoms with van der Waals surface area (Å²) in [6, 6.07) is 9.05. The van der Waals surface area contributed by atoms with Crippen LogP contribution in [0.2, 0.25) is 0 Å². The highest BCUT2D eigenvalue weighted by atomic mass is 16.5. The number of fused-ring (bicyclic) bond motifs is 1. The van der Waals surface area contributed by atoms with Crippen LogP contribution in [-0.2, 0) is 0 Å². The van der Waals surface area contributed by atoms with Gasteiger partial charge in [-0.25, -0.2) is 0 Å². The van der Waals surface area contributed by atoms with Gasteiger partial charge in [0.05, 0.1) is 6.61 Å². The molecule has 98 valence electrons. The van der Waals surface area contributed by atoms with Crippen molar-refractivity contribution in [1.82, 2.24) is 10.2 Å². The maximum Gasteiger partial charge on any atom is 0.124 e. The van der Waals surface area contributed by atoms with E-state index in [2.05, 4.69) is 41.4 Å². The van der Waals surface area contributed by atoms with E-state index >= 15 is 0 Å². The first-order valence-corrected chi connectivity index (χ1v) is 7.01. The van der Waals surface area contributed by atoms with Gasteiger partial charge in [0.25, 0.3) is 0 Å². The molecule has 2 heterocycles. The highest BCUT2D eigenvalue weighted by Crippen LogP contribution is 2.36. The first-order chi connectivity index (χ1) is 8.84. The van der Waals surface area contributed by atoms with Gasteiger partial charge in [-0.1, -0.05) is 25.1 Å². The Hall–Kier alpha value is -1.06. The summed E-state index contributed by atoms with van der Waals surface area (Å²) in [6.07, 6.45) is 1.11. The molecule has 2 aliphatic rings. The maximum atomic E-state index is 5.76. The zero-order chi connectivity index (χ0) is 12.4. The zero-order valence-electron chi connectivity index (χ0n) is 11.1. The van der Waals surface area contributed by atoms with E-state index < -0.39 is 0 Å². The van der Waals surface area contributed by atoms with Crippen LogP contribution in [0.5, 0.6) is 5.75 Å². The third-order valence-corrected chi connectivity index (χ3v) is 3.98. The van der Waals surface area contributed by atoms with Gasteiger partial charge >= 0.3 is 0 Å². The van der Waals surface area contributed by atoms with Gasteiger partial charge in [-0.15, -0.1) is 0 Å². The van der Waals surface area contributed by atoms with Crippen LogP contribution >= 0.6 is 0 Å². The SMILES string of the molecule is CC1CNCCN(C2CCOc3ccccc32)C1. The summed E-state index contributed by atoms with van der Waals surface area (Å²) in [7, 11) is 0. The molecule has 2 atom stereocenters. The minimum Gasteiger partial charge on any atom is -0.493 e. The van der Waals surface area contributed by atoms with Gasteiger partial charge in [-0.05, 0) is 18.5 Å². The molecule has 1 fully saturated rings. The minimum atomic E-state index is 0.539. The van der Waals surface area contributed by atoms with E-state index in [1.807, 2.05) is 0 Å². The third-order valence-electron chi connectivity index (χ3n) is 3.98. The van der Waals surface area contributed by atoms with Gasteiger partial charge in [0.1, 0.15) is 5.75 Å². The topological polar surface area (TPSA) is 24.5 Å². The Kier molecular flexibility index (Phi) is 3.52. The Bertz CT molecular complexity index is 407. The molecule has 1 N–H and O–H groups in total. The molecule has 2 aliphatic heterocycles. The molecular weight excluding hydrogens is 224 g/mol. The Morgan fingerprint density at radius 2 is 2.22 bits per heavy atom. The number of nitrogens with one attached hydrogen (secondary N) is 1. The van der Waals surface area contributed by atoms with E-state index in [9.17, 15) is 0 Å². The van der Waals surface area contributed by atoms with Crippen LogP contribution in [0.4, 0.5) is 0 Å². The van der Waals surface area contributed by atoms with Crippen molar-refractivity contribution < 1.29 is 4.74 Å². The van der Waals surface area contributed by atoms with Crippen LogP contribution in [0.25, 0.3) is 0 Å². The van der Waals surface area contributed by atoms with E-state index in [1.165, 1.54) is 12.1 Å². The smallest absolute Gasteiger partial charge is 0.124 e. The fraction of sp³-hybridized carbons (Fsp3) is 0.600. The Morgan fingerprint density at radius 1 is 1.33 bits per heavy atom. The van der Waals surface area contributed by atoms with E-state index in [0.29, 0.717) is 6.04 Å².